The Kier molecular flexibility index (Phi) is 3.64. The minimum atomic E-state index is -0.289. The first-order valence-corrected chi connectivity index (χ1v) is 4.93. The molecule has 0 spiro atoms. The SMILES string of the molecule is CCCC(C)(OC)c1ccc(F)cc1. The molecule has 0 bridgehead atoms. The minimum Gasteiger partial charge on any atom is -0.374 e. The van der Waals surface area contributed by atoms with E-state index in [2.05, 4.69) is 6.92 Å². The van der Waals surface area contributed by atoms with E-state index in [1.54, 1.807) is 19.2 Å². The normalized spacial score (nSPS) is 15.1. The van der Waals surface area contributed by atoms with Crippen LogP contribution in [0.25, 0.3) is 0 Å². The Morgan fingerprint density at radius 3 is 2.29 bits per heavy atom. The molecule has 78 valence electrons. The molecule has 2 heteroatoms. The van der Waals surface area contributed by atoms with Crippen molar-refractivity contribution in [3.05, 3.63) is 35.6 Å². The summed E-state index contributed by atoms with van der Waals surface area (Å²) in [4.78, 5) is 0. The lowest BCUT2D eigenvalue weighted by Crippen LogP contribution is -2.23. The fourth-order valence-electron chi connectivity index (χ4n) is 1.64. The van der Waals surface area contributed by atoms with Crippen molar-refractivity contribution in [1.82, 2.24) is 0 Å². The van der Waals surface area contributed by atoms with Crippen molar-refractivity contribution in [3.63, 3.8) is 0 Å². The van der Waals surface area contributed by atoms with Crippen molar-refractivity contribution in [3.8, 4) is 0 Å². The van der Waals surface area contributed by atoms with Crippen LogP contribution in [-0.4, -0.2) is 7.11 Å². The standard InChI is InChI=1S/C12H17FO/c1-4-9-12(2,14-3)10-5-7-11(13)8-6-10/h5-8H,4,9H2,1-3H3. The highest BCUT2D eigenvalue weighted by atomic mass is 19.1. The van der Waals surface area contributed by atoms with Crippen LogP contribution in [0.2, 0.25) is 0 Å². The Morgan fingerprint density at radius 2 is 1.86 bits per heavy atom. The molecule has 14 heavy (non-hydrogen) atoms. The third kappa shape index (κ3) is 2.32. The topological polar surface area (TPSA) is 9.23 Å². The summed E-state index contributed by atoms with van der Waals surface area (Å²) in [5, 5.41) is 0. The second kappa shape index (κ2) is 4.56. The van der Waals surface area contributed by atoms with E-state index in [-0.39, 0.29) is 11.4 Å². The molecule has 0 saturated carbocycles. The van der Waals surface area contributed by atoms with Gasteiger partial charge in [-0.15, -0.1) is 0 Å². The third-order valence-electron chi connectivity index (χ3n) is 2.63. The number of rotatable bonds is 4. The molecular weight excluding hydrogens is 179 g/mol. The van der Waals surface area contributed by atoms with Gasteiger partial charge in [0.2, 0.25) is 0 Å². The molecule has 1 atom stereocenters. The summed E-state index contributed by atoms with van der Waals surface area (Å²) >= 11 is 0. The van der Waals surface area contributed by atoms with Gasteiger partial charge in [-0.25, -0.2) is 4.39 Å². The molecule has 1 aromatic rings. The predicted molar refractivity (Wildman–Crippen MR) is 55.7 cm³/mol. The zero-order valence-corrected chi connectivity index (χ0v) is 9.01. The van der Waals surface area contributed by atoms with E-state index in [0.29, 0.717) is 0 Å². The van der Waals surface area contributed by atoms with Gasteiger partial charge in [-0.2, -0.15) is 0 Å². The molecule has 0 N–H and O–H groups in total. The van der Waals surface area contributed by atoms with Gasteiger partial charge in [-0.3, -0.25) is 0 Å². The maximum absolute atomic E-state index is 12.7. The lowest BCUT2D eigenvalue weighted by molar-refractivity contribution is -0.00614. The average Bonchev–Trinajstić information content (AvgIpc) is 2.19. The van der Waals surface area contributed by atoms with Crippen LogP contribution >= 0.6 is 0 Å². The maximum Gasteiger partial charge on any atom is 0.123 e. The first-order valence-electron chi connectivity index (χ1n) is 4.93. The number of ether oxygens (including phenoxy) is 1. The van der Waals surface area contributed by atoms with Crippen LogP contribution < -0.4 is 0 Å². The molecular formula is C12H17FO. The van der Waals surface area contributed by atoms with Crippen molar-refractivity contribution in [2.75, 3.05) is 7.11 Å². The summed E-state index contributed by atoms with van der Waals surface area (Å²) in [5.74, 6) is -0.205. The fourth-order valence-corrected chi connectivity index (χ4v) is 1.64. The Bertz CT molecular complexity index is 281. The molecule has 0 aromatic heterocycles. The first kappa shape index (κ1) is 11.2. The van der Waals surface area contributed by atoms with Gasteiger partial charge in [0.25, 0.3) is 0 Å². The van der Waals surface area contributed by atoms with Gasteiger partial charge in [0.15, 0.2) is 0 Å². The van der Waals surface area contributed by atoms with Crippen LogP contribution in [0.3, 0.4) is 0 Å². The zero-order valence-electron chi connectivity index (χ0n) is 9.01. The van der Waals surface area contributed by atoms with Crippen molar-refractivity contribution in [1.29, 1.82) is 0 Å². The molecule has 0 amide bonds. The summed E-state index contributed by atoms with van der Waals surface area (Å²) in [6.45, 7) is 4.14. The van der Waals surface area contributed by atoms with Gasteiger partial charge in [-0.1, -0.05) is 25.5 Å². The van der Waals surface area contributed by atoms with Crippen LogP contribution in [0.15, 0.2) is 24.3 Å². The van der Waals surface area contributed by atoms with Crippen LogP contribution in [-0.2, 0) is 10.3 Å². The van der Waals surface area contributed by atoms with E-state index < -0.39 is 0 Å². The predicted octanol–water partition coefficient (Wildman–Crippen LogP) is 3.49. The number of halogens is 1. The quantitative estimate of drug-likeness (QED) is 0.716. The van der Waals surface area contributed by atoms with Crippen LogP contribution in [0.4, 0.5) is 4.39 Å². The molecule has 0 fully saturated rings. The number of methoxy groups -OCH3 is 1. The van der Waals surface area contributed by atoms with E-state index in [9.17, 15) is 4.39 Å². The van der Waals surface area contributed by atoms with Crippen molar-refractivity contribution >= 4 is 0 Å². The van der Waals surface area contributed by atoms with Crippen LogP contribution in [0, 0.1) is 5.82 Å². The van der Waals surface area contributed by atoms with Crippen LogP contribution in [0.1, 0.15) is 32.3 Å². The Morgan fingerprint density at radius 1 is 1.29 bits per heavy atom. The Labute approximate surface area is 84.9 Å². The molecule has 0 aliphatic rings. The molecule has 1 nitrogen and oxygen atoms in total. The summed E-state index contributed by atoms with van der Waals surface area (Å²) in [6.07, 6.45) is 1.98. The first-order chi connectivity index (χ1) is 6.62. The summed E-state index contributed by atoms with van der Waals surface area (Å²) in [6, 6.07) is 6.52. The van der Waals surface area contributed by atoms with Crippen molar-refractivity contribution in [2.24, 2.45) is 0 Å². The minimum absolute atomic E-state index is 0.205. The molecule has 1 aromatic carbocycles. The van der Waals surface area contributed by atoms with Crippen molar-refractivity contribution in [2.45, 2.75) is 32.3 Å². The summed E-state index contributed by atoms with van der Waals surface area (Å²) in [5.41, 5.74) is 0.742. The smallest absolute Gasteiger partial charge is 0.123 e. The number of hydrogen-bond acceptors (Lipinski definition) is 1. The highest BCUT2D eigenvalue weighted by molar-refractivity contribution is 5.22. The third-order valence-corrected chi connectivity index (χ3v) is 2.63. The van der Waals surface area contributed by atoms with Gasteiger partial charge < -0.3 is 4.74 Å². The van der Waals surface area contributed by atoms with E-state index >= 15 is 0 Å². The lowest BCUT2D eigenvalue weighted by atomic mass is 9.91. The van der Waals surface area contributed by atoms with Gasteiger partial charge in [0.05, 0.1) is 5.60 Å². The molecule has 0 heterocycles. The van der Waals surface area contributed by atoms with Gasteiger partial charge in [-0.05, 0) is 31.0 Å². The fraction of sp³-hybridized carbons (Fsp3) is 0.500. The molecule has 1 rings (SSSR count). The molecule has 0 aliphatic carbocycles. The highest BCUT2D eigenvalue weighted by Crippen LogP contribution is 2.29. The van der Waals surface area contributed by atoms with E-state index in [4.69, 9.17) is 4.74 Å². The number of hydrogen-bond donors (Lipinski definition) is 0. The summed E-state index contributed by atoms with van der Waals surface area (Å²) in [7, 11) is 1.69. The second-order valence-electron chi connectivity index (χ2n) is 3.69. The Hall–Kier alpha value is -0.890. The van der Waals surface area contributed by atoms with E-state index in [1.165, 1.54) is 12.1 Å². The van der Waals surface area contributed by atoms with E-state index in [1.807, 2.05) is 6.92 Å². The summed E-state index contributed by atoms with van der Waals surface area (Å²) < 4.78 is 18.2. The molecule has 1 unspecified atom stereocenters. The molecule has 0 aliphatic heterocycles. The lowest BCUT2D eigenvalue weighted by Gasteiger charge is -2.28. The zero-order chi connectivity index (χ0) is 10.6. The van der Waals surface area contributed by atoms with Gasteiger partial charge in [0, 0.05) is 7.11 Å². The average molecular weight is 196 g/mol. The molecule has 0 saturated heterocycles. The van der Waals surface area contributed by atoms with Crippen molar-refractivity contribution < 1.29 is 9.13 Å². The van der Waals surface area contributed by atoms with Gasteiger partial charge >= 0.3 is 0 Å². The highest BCUT2D eigenvalue weighted by Gasteiger charge is 2.24. The largest absolute Gasteiger partial charge is 0.374 e. The van der Waals surface area contributed by atoms with Crippen LogP contribution in [0.5, 0.6) is 0 Å². The number of benzene rings is 1. The maximum atomic E-state index is 12.7. The second-order valence-corrected chi connectivity index (χ2v) is 3.69. The van der Waals surface area contributed by atoms with Gasteiger partial charge in [0.1, 0.15) is 5.82 Å². The van der Waals surface area contributed by atoms with E-state index in [0.717, 1.165) is 18.4 Å². The molecule has 0 radical (unpaired) electrons. The Balaban J connectivity index is 2.94. The monoisotopic (exact) mass is 196 g/mol.